The Bertz CT molecular complexity index is 1040. The number of H-pyrrole nitrogens is 1. The van der Waals surface area contributed by atoms with Crippen molar-refractivity contribution >= 4 is 20.9 Å². The average molecular weight is 404 g/mol. The molecule has 0 amide bonds. The highest BCUT2D eigenvalue weighted by Crippen LogP contribution is 2.21. The molecule has 0 saturated carbocycles. The van der Waals surface area contributed by atoms with Crippen LogP contribution in [0.2, 0.25) is 0 Å². The van der Waals surface area contributed by atoms with Crippen LogP contribution in [0.3, 0.4) is 0 Å². The first-order valence-corrected chi connectivity index (χ1v) is 10.8. The Labute approximate surface area is 162 Å². The normalized spacial score (nSPS) is 20.8. The number of aromatic amines is 1. The first kappa shape index (κ1) is 19.0. The number of likely N-dealkylation sites (tertiary alicyclic amines) is 1. The first-order valence-electron chi connectivity index (χ1n) is 8.94. The lowest BCUT2D eigenvalue weighted by molar-refractivity contribution is 0.00863. The molecule has 1 aromatic carbocycles. The van der Waals surface area contributed by atoms with E-state index >= 15 is 0 Å². The van der Waals surface area contributed by atoms with E-state index < -0.39 is 22.1 Å². The van der Waals surface area contributed by atoms with Crippen LogP contribution in [0.15, 0.2) is 47.6 Å². The topological polar surface area (TPSA) is 88.2 Å². The van der Waals surface area contributed by atoms with Gasteiger partial charge >= 0.3 is 0 Å². The van der Waals surface area contributed by atoms with Crippen LogP contribution in [0.25, 0.3) is 11.0 Å². The number of sulfone groups is 1. The van der Waals surface area contributed by atoms with Gasteiger partial charge in [-0.1, -0.05) is 12.1 Å². The second kappa shape index (κ2) is 7.57. The van der Waals surface area contributed by atoms with E-state index in [9.17, 15) is 12.8 Å². The van der Waals surface area contributed by atoms with E-state index in [0.717, 1.165) is 16.6 Å². The minimum Gasteiger partial charge on any atom is -0.366 e. The standard InChI is InChI=1S/C19H21FN4O3S/c1-28(25,26)14-4-2-13(3-5-14)9-24-10-15(20)18(11-24)27-12-19-22-16-6-7-21-8-17(16)23-19/h2-8,15,18H,9-12H2,1H3,(H,22,23)/t15-,18+/m1/s1. The highest BCUT2D eigenvalue weighted by molar-refractivity contribution is 7.90. The molecule has 148 valence electrons. The van der Waals surface area contributed by atoms with Gasteiger partial charge in [0.25, 0.3) is 0 Å². The molecule has 4 rings (SSSR count). The number of hydrogen-bond acceptors (Lipinski definition) is 6. The van der Waals surface area contributed by atoms with Crippen LogP contribution in [-0.2, 0) is 27.7 Å². The van der Waals surface area contributed by atoms with Gasteiger partial charge in [0, 0.05) is 32.1 Å². The molecule has 1 saturated heterocycles. The van der Waals surface area contributed by atoms with E-state index in [1.165, 1.54) is 6.26 Å². The number of aromatic nitrogens is 3. The van der Waals surface area contributed by atoms with Gasteiger partial charge in [-0.2, -0.15) is 0 Å². The SMILES string of the molecule is CS(=O)(=O)c1ccc(CN2C[C@@H](F)[C@@H](OCc3nc4ccncc4[nH]3)C2)cc1. The summed E-state index contributed by atoms with van der Waals surface area (Å²) in [5, 5.41) is 0. The molecule has 9 heteroatoms. The maximum Gasteiger partial charge on any atom is 0.175 e. The molecular weight excluding hydrogens is 383 g/mol. The maximum atomic E-state index is 14.4. The van der Waals surface area contributed by atoms with Crippen molar-refractivity contribution in [1.29, 1.82) is 0 Å². The number of pyridine rings is 1. The number of halogens is 1. The summed E-state index contributed by atoms with van der Waals surface area (Å²) in [4.78, 5) is 13.8. The minimum atomic E-state index is -3.21. The van der Waals surface area contributed by atoms with Crippen molar-refractivity contribution in [3.8, 4) is 0 Å². The van der Waals surface area contributed by atoms with Gasteiger partial charge in [0.1, 0.15) is 24.7 Å². The molecule has 3 aromatic rings. The summed E-state index contributed by atoms with van der Waals surface area (Å²) >= 11 is 0. The van der Waals surface area contributed by atoms with Gasteiger partial charge < -0.3 is 9.72 Å². The fourth-order valence-electron chi connectivity index (χ4n) is 3.36. The largest absolute Gasteiger partial charge is 0.366 e. The lowest BCUT2D eigenvalue weighted by Crippen LogP contribution is -2.24. The van der Waals surface area contributed by atoms with E-state index in [4.69, 9.17) is 4.74 Å². The number of nitrogens with zero attached hydrogens (tertiary/aromatic N) is 3. The zero-order valence-electron chi connectivity index (χ0n) is 15.4. The molecule has 1 fully saturated rings. The van der Waals surface area contributed by atoms with Crippen molar-refractivity contribution in [2.45, 2.75) is 30.3 Å². The molecule has 1 N–H and O–H groups in total. The number of imidazole rings is 1. The second-order valence-corrected chi connectivity index (χ2v) is 9.07. The molecule has 1 aliphatic heterocycles. The Hall–Kier alpha value is -2.36. The number of fused-ring (bicyclic) bond motifs is 1. The van der Waals surface area contributed by atoms with Crippen molar-refractivity contribution in [2.75, 3.05) is 19.3 Å². The number of benzene rings is 1. The van der Waals surface area contributed by atoms with Gasteiger partial charge in [0.15, 0.2) is 9.84 Å². The van der Waals surface area contributed by atoms with Crippen molar-refractivity contribution in [3.63, 3.8) is 0 Å². The Morgan fingerprint density at radius 3 is 2.75 bits per heavy atom. The Morgan fingerprint density at radius 2 is 2.04 bits per heavy atom. The lowest BCUT2D eigenvalue weighted by atomic mass is 10.2. The Kier molecular flexibility index (Phi) is 5.13. The van der Waals surface area contributed by atoms with E-state index in [1.807, 2.05) is 4.90 Å². The van der Waals surface area contributed by atoms with Crippen molar-refractivity contribution in [2.24, 2.45) is 0 Å². The van der Waals surface area contributed by atoms with Crippen molar-refractivity contribution < 1.29 is 17.5 Å². The molecule has 0 bridgehead atoms. The minimum absolute atomic E-state index is 0.205. The molecule has 0 spiro atoms. The number of hydrogen-bond donors (Lipinski definition) is 1. The monoisotopic (exact) mass is 404 g/mol. The van der Waals surface area contributed by atoms with Crippen LogP contribution in [0.5, 0.6) is 0 Å². The number of alkyl halides is 1. The van der Waals surface area contributed by atoms with Crippen LogP contribution in [0.4, 0.5) is 4.39 Å². The summed E-state index contributed by atoms with van der Waals surface area (Å²) in [7, 11) is -3.21. The van der Waals surface area contributed by atoms with Gasteiger partial charge in [-0.05, 0) is 23.8 Å². The lowest BCUT2D eigenvalue weighted by Gasteiger charge is -2.15. The van der Waals surface area contributed by atoms with Crippen molar-refractivity contribution in [3.05, 3.63) is 54.1 Å². The Morgan fingerprint density at radius 1 is 1.25 bits per heavy atom. The van der Waals surface area contributed by atoms with Gasteiger partial charge in [-0.3, -0.25) is 9.88 Å². The molecule has 0 radical (unpaired) electrons. The molecule has 7 nitrogen and oxygen atoms in total. The highest BCUT2D eigenvalue weighted by Gasteiger charge is 2.33. The van der Waals surface area contributed by atoms with Crippen molar-refractivity contribution in [1.82, 2.24) is 19.9 Å². The predicted molar refractivity (Wildman–Crippen MR) is 102 cm³/mol. The number of rotatable bonds is 6. The number of ether oxygens (including phenoxy) is 1. The van der Waals surface area contributed by atoms with Crippen LogP contribution >= 0.6 is 0 Å². The van der Waals surface area contributed by atoms with Gasteiger partial charge in [-0.25, -0.2) is 17.8 Å². The van der Waals surface area contributed by atoms with E-state index in [-0.39, 0.29) is 18.0 Å². The van der Waals surface area contributed by atoms with Crippen LogP contribution in [0.1, 0.15) is 11.4 Å². The third kappa shape index (κ3) is 4.21. The second-order valence-electron chi connectivity index (χ2n) is 7.05. The first-order chi connectivity index (χ1) is 13.4. The summed E-state index contributed by atoms with van der Waals surface area (Å²) in [6.45, 7) is 1.50. The zero-order chi connectivity index (χ0) is 19.7. The summed E-state index contributed by atoms with van der Waals surface area (Å²) in [6, 6.07) is 8.50. The maximum absolute atomic E-state index is 14.4. The average Bonchev–Trinajstić information content (AvgIpc) is 3.22. The molecular formula is C19H21FN4O3S. The molecule has 2 aromatic heterocycles. The predicted octanol–water partition coefficient (Wildman–Crippen LogP) is 2.10. The third-order valence-electron chi connectivity index (χ3n) is 4.80. The summed E-state index contributed by atoms with van der Waals surface area (Å²) in [5.41, 5.74) is 2.56. The zero-order valence-corrected chi connectivity index (χ0v) is 16.2. The Balaban J connectivity index is 1.34. The summed E-state index contributed by atoms with van der Waals surface area (Å²) in [6.07, 6.45) is 2.93. The summed E-state index contributed by atoms with van der Waals surface area (Å²) < 4.78 is 43.2. The molecule has 3 heterocycles. The van der Waals surface area contributed by atoms with E-state index in [2.05, 4.69) is 15.0 Å². The van der Waals surface area contributed by atoms with Gasteiger partial charge in [0.05, 0.1) is 22.1 Å². The molecule has 1 aliphatic rings. The highest BCUT2D eigenvalue weighted by atomic mass is 32.2. The summed E-state index contributed by atoms with van der Waals surface area (Å²) in [5.74, 6) is 0.644. The van der Waals surface area contributed by atoms with E-state index in [0.29, 0.717) is 18.9 Å². The third-order valence-corrected chi connectivity index (χ3v) is 5.93. The quantitative estimate of drug-likeness (QED) is 0.677. The molecule has 0 unspecified atom stereocenters. The van der Waals surface area contributed by atoms with Crippen LogP contribution < -0.4 is 0 Å². The van der Waals surface area contributed by atoms with Crippen LogP contribution in [-0.4, -0.2) is 59.9 Å². The molecule has 28 heavy (non-hydrogen) atoms. The molecule has 2 atom stereocenters. The number of nitrogens with one attached hydrogen (secondary N) is 1. The van der Waals surface area contributed by atoms with Gasteiger partial charge in [-0.15, -0.1) is 0 Å². The van der Waals surface area contributed by atoms with E-state index in [1.54, 1.807) is 42.7 Å². The molecule has 0 aliphatic carbocycles. The van der Waals surface area contributed by atoms with Crippen LogP contribution in [0, 0.1) is 0 Å². The fourth-order valence-corrected chi connectivity index (χ4v) is 3.99. The smallest absolute Gasteiger partial charge is 0.175 e. The fraction of sp³-hybridized carbons (Fsp3) is 0.368. The van der Waals surface area contributed by atoms with Gasteiger partial charge in [0.2, 0.25) is 0 Å².